The number of benzene rings is 1. The van der Waals surface area contributed by atoms with Crippen molar-refractivity contribution in [2.75, 3.05) is 22.7 Å². The molecule has 1 aliphatic heterocycles. The summed E-state index contributed by atoms with van der Waals surface area (Å²) in [6, 6.07) is 6.59. The van der Waals surface area contributed by atoms with E-state index in [4.69, 9.17) is 4.74 Å². The van der Waals surface area contributed by atoms with E-state index in [9.17, 15) is 13.2 Å². The molecule has 1 aliphatic rings. The third kappa shape index (κ3) is 5.32. The van der Waals surface area contributed by atoms with Gasteiger partial charge in [-0.25, -0.2) is 18.2 Å². The van der Waals surface area contributed by atoms with Crippen LogP contribution in [0.3, 0.4) is 0 Å². The minimum atomic E-state index is -3.70. The van der Waals surface area contributed by atoms with Gasteiger partial charge in [0.2, 0.25) is 5.13 Å². The number of amides is 1. The number of nitrogens with one attached hydrogen (secondary N) is 2. The summed E-state index contributed by atoms with van der Waals surface area (Å²) in [6.07, 6.45) is 1.65. The predicted octanol–water partition coefficient (Wildman–Crippen LogP) is 2.44. The van der Waals surface area contributed by atoms with Gasteiger partial charge in [0.05, 0.1) is 10.9 Å². The molecule has 1 aromatic heterocycles. The summed E-state index contributed by atoms with van der Waals surface area (Å²) in [5, 5.41) is 3.10. The van der Waals surface area contributed by atoms with Gasteiger partial charge in [0.25, 0.3) is 10.0 Å². The Morgan fingerprint density at radius 1 is 1.29 bits per heavy atom. The number of carbonyl (C=O) groups is 1. The van der Waals surface area contributed by atoms with Gasteiger partial charge in [-0.15, -0.1) is 0 Å². The lowest BCUT2D eigenvalue weighted by molar-refractivity contribution is 0.0509. The number of hydrogen-bond donors (Lipinski definition) is 2. The molecule has 0 saturated carbocycles. The van der Waals surface area contributed by atoms with Crippen LogP contribution >= 0.6 is 11.5 Å². The minimum Gasteiger partial charge on any atom is -0.444 e. The highest BCUT2D eigenvalue weighted by Gasteiger charge is 2.26. The molecule has 1 saturated heterocycles. The van der Waals surface area contributed by atoms with E-state index in [-0.39, 0.29) is 16.1 Å². The molecule has 1 amide bonds. The monoisotopic (exact) mass is 425 g/mol. The molecule has 0 spiro atoms. The maximum atomic E-state index is 12.4. The summed E-state index contributed by atoms with van der Waals surface area (Å²) in [4.78, 5) is 18.0. The van der Waals surface area contributed by atoms with Gasteiger partial charge in [-0.3, -0.25) is 4.72 Å². The van der Waals surface area contributed by atoms with E-state index < -0.39 is 21.7 Å². The first-order valence-electron chi connectivity index (χ1n) is 8.76. The van der Waals surface area contributed by atoms with Crippen LogP contribution in [0.4, 0.5) is 15.6 Å². The quantitative estimate of drug-likeness (QED) is 0.756. The van der Waals surface area contributed by atoms with Crippen LogP contribution in [0.2, 0.25) is 0 Å². The molecule has 3 rings (SSSR count). The van der Waals surface area contributed by atoms with E-state index in [1.54, 1.807) is 24.3 Å². The first-order valence-corrected chi connectivity index (χ1v) is 11.0. The normalized spacial score (nSPS) is 17.4. The number of rotatable bonds is 5. The molecular weight excluding hydrogens is 402 g/mol. The van der Waals surface area contributed by atoms with Crippen molar-refractivity contribution in [3.05, 3.63) is 30.6 Å². The second kappa shape index (κ2) is 7.92. The van der Waals surface area contributed by atoms with E-state index in [1.807, 2.05) is 20.8 Å². The maximum Gasteiger partial charge on any atom is 0.407 e. The van der Waals surface area contributed by atoms with E-state index >= 15 is 0 Å². The highest BCUT2D eigenvalue weighted by Crippen LogP contribution is 2.24. The Hall–Kier alpha value is -2.40. The maximum absolute atomic E-state index is 12.4. The molecule has 1 fully saturated rings. The Morgan fingerprint density at radius 3 is 2.61 bits per heavy atom. The average molecular weight is 426 g/mol. The van der Waals surface area contributed by atoms with Crippen LogP contribution < -0.4 is 14.9 Å². The van der Waals surface area contributed by atoms with Crippen LogP contribution in [0.15, 0.2) is 35.5 Å². The van der Waals surface area contributed by atoms with Crippen LogP contribution in [0.1, 0.15) is 27.2 Å². The average Bonchev–Trinajstić information content (AvgIpc) is 3.25. The number of carbonyl (C=O) groups excluding carboxylic acids is 1. The van der Waals surface area contributed by atoms with Crippen LogP contribution in [-0.4, -0.2) is 48.6 Å². The van der Waals surface area contributed by atoms with E-state index in [1.165, 1.54) is 6.33 Å². The first kappa shape index (κ1) is 20.3. The largest absolute Gasteiger partial charge is 0.444 e. The smallest absolute Gasteiger partial charge is 0.407 e. The fraction of sp³-hybridized carbons (Fsp3) is 0.471. The molecule has 0 bridgehead atoms. The molecule has 0 unspecified atom stereocenters. The zero-order valence-corrected chi connectivity index (χ0v) is 17.5. The number of alkyl carbamates (subject to hydrolysis) is 1. The fourth-order valence-electron chi connectivity index (χ4n) is 2.81. The summed E-state index contributed by atoms with van der Waals surface area (Å²) in [6.45, 7) is 6.86. The zero-order chi connectivity index (χ0) is 20.4. The lowest BCUT2D eigenvalue weighted by atomic mass is 10.2. The number of nitrogens with zero attached hydrogens (tertiary/aromatic N) is 3. The van der Waals surface area contributed by atoms with Crippen LogP contribution in [0, 0.1) is 0 Å². The van der Waals surface area contributed by atoms with Crippen molar-refractivity contribution in [3.63, 3.8) is 0 Å². The molecule has 2 N–H and O–H groups in total. The molecule has 152 valence electrons. The molecule has 1 aromatic carbocycles. The Bertz CT molecular complexity index is 908. The van der Waals surface area contributed by atoms with Gasteiger partial charge in [-0.05, 0) is 51.5 Å². The van der Waals surface area contributed by atoms with Crippen LogP contribution in [0.5, 0.6) is 0 Å². The highest BCUT2D eigenvalue weighted by molar-refractivity contribution is 7.93. The van der Waals surface area contributed by atoms with Crippen LogP contribution in [0.25, 0.3) is 0 Å². The molecule has 11 heteroatoms. The van der Waals surface area contributed by atoms with Crippen LogP contribution in [-0.2, 0) is 14.8 Å². The zero-order valence-electron chi connectivity index (χ0n) is 15.9. The molecule has 0 radical (unpaired) electrons. The van der Waals surface area contributed by atoms with Crippen molar-refractivity contribution >= 4 is 38.5 Å². The molecule has 1 atom stereocenters. The summed E-state index contributed by atoms with van der Waals surface area (Å²) >= 11 is 0.972. The van der Waals surface area contributed by atoms with Gasteiger partial charge in [-0.2, -0.15) is 4.37 Å². The van der Waals surface area contributed by atoms with Crippen molar-refractivity contribution in [2.24, 2.45) is 0 Å². The predicted molar refractivity (Wildman–Crippen MR) is 107 cm³/mol. The topological polar surface area (TPSA) is 114 Å². The summed E-state index contributed by atoms with van der Waals surface area (Å²) in [7, 11) is -3.70. The SMILES string of the molecule is CC(C)(C)OC(=O)N[C@@H]1CCN(c2ccc(S(=O)(=O)Nc3ncns3)cc2)C1. The molecular formula is C17H23N5O4S2. The Morgan fingerprint density at radius 2 is 2.00 bits per heavy atom. The molecule has 2 aromatic rings. The van der Waals surface area contributed by atoms with Gasteiger partial charge in [0.15, 0.2) is 0 Å². The summed E-state index contributed by atoms with van der Waals surface area (Å²) < 4.78 is 36.2. The molecule has 0 aliphatic carbocycles. The minimum absolute atomic E-state index is 0.0164. The van der Waals surface area contributed by atoms with Gasteiger partial charge >= 0.3 is 6.09 Å². The van der Waals surface area contributed by atoms with Gasteiger partial charge in [0.1, 0.15) is 11.9 Å². The lowest BCUT2D eigenvalue weighted by Crippen LogP contribution is -2.40. The number of anilines is 2. The third-order valence-electron chi connectivity index (χ3n) is 4.00. The van der Waals surface area contributed by atoms with Gasteiger partial charge < -0.3 is 15.0 Å². The highest BCUT2D eigenvalue weighted by atomic mass is 32.2. The van der Waals surface area contributed by atoms with E-state index in [0.29, 0.717) is 6.54 Å². The lowest BCUT2D eigenvalue weighted by Gasteiger charge is -2.22. The van der Waals surface area contributed by atoms with Gasteiger partial charge in [0, 0.05) is 30.3 Å². The number of sulfonamides is 1. The van der Waals surface area contributed by atoms with Crippen molar-refractivity contribution in [1.29, 1.82) is 0 Å². The molecule has 2 heterocycles. The molecule has 9 nitrogen and oxygen atoms in total. The fourth-order valence-corrected chi connectivity index (χ4v) is 4.48. The Balaban J connectivity index is 1.59. The Labute approximate surface area is 168 Å². The summed E-state index contributed by atoms with van der Waals surface area (Å²) in [5.41, 5.74) is 0.357. The standard InChI is InChI=1S/C17H23N5O4S2/c1-17(2,3)26-16(23)20-12-8-9-22(10-12)13-4-6-14(7-5-13)28(24,25)21-15-18-11-19-27-15/h4-7,11-12H,8-10H2,1-3H3,(H,20,23)(H,18,19,21)/t12-/m1/s1. The van der Waals surface area contributed by atoms with Crippen molar-refractivity contribution in [3.8, 4) is 0 Å². The first-order chi connectivity index (χ1) is 13.1. The number of ether oxygens (including phenoxy) is 1. The van der Waals surface area contributed by atoms with Gasteiger partial charge in [-0.1, -0.05) is 0 Å². The number of aromatic nitrogens is 2. The van der Waals surface area contributed by atoms with Crippen molar-refractivity contribution in [2.45, 2.75) is 43.7 Å². The number of hydrogen-bond acceptors (Lipinski definition) is 8. The second-order valence-electron chi connectivity index (χ2n) is 7.42. The van der Waals surface area contributed by atoms with Crippen molar-refractivity contribution in [1.82, 2.24) is 14.7 Å². The van der Waals surface area contributed by atoms with Crippen molar-refractivity contribution < 1.29 is 17.9 Å². The Kier molecular flexibility index (Phi) is 5.75. The third-order valence-corrected chi connectivity index (χ3v) is 6.07. The second-order valence-corrected chi connectivity index (χ2v) is 9.89. The van der Waals surface area contributed by atoms with E-state index in [2.05, 4.69) is 24.3 Å². The van der Waals surface area contributed by atoms with E-state index in [0.717, 1.165) is 30.2 Å². The summed E-state index contributed by atoms with van der Waals surface area (Å²) in [5.74, 6) is 0. The molecule has 28 heavy (non-hydrogen) atoms.